The Hall–Kier alpha value is -2.45. The zero-order valence-corrected chi connectivity index (χ0v) is 19.0. The molecule has 0 unspecified atom stereocenters. The van der Waals surface area contributed by atoms with E-state index in [0.29, 0.717) is 5.75 Å². The normalized spacial score (nSPS) is 18.4. The number of para-hydroxylation sites is 1. The van der Waals surface area contributed by atoms with Crippen molar-refractivity contribution in [3.8, 4) is 0 Å². The molecule has 158 valence electrons. The monoisotopic (exact) mass is 449 g/mol. The molecule has 2 aliphatic rings. The van der Waals surface area contributed by atoms with Crippen molar-refractivity contribution >= 4 is 50.6 Å². The van der Waals surface area contributed by atoms with Gasteiger partial charge in [0, 0.05) is 17.1 Å². The van der Waals surface area contributed by atoms with Crippen molar-refractivity contribution < 1.29 is 4.79 Å². The Bertz CT molecular complexity index is 1310. The third kappa shape index (κ3) is 3.24. The number of aryl methyl sites for hydroxylation is 2. The summed E-state index contributed by atoms with van der Waals surface area (Å²) in [5.41, 5.74) is 4.58. The zero-order valence-electron chi connectivity index (χ0n) is 17.4. The average Bonchev–Trinajstić information content (AvgIpc) is 3.37. The molecule has 6 nitrogen and oxygen atoms in total. The first-order chi connectivity index (χ1) is 15.2. The van der Waals surface area contributed by atoms with Crippen LogP contribution in [0.5, 0.6) is 0 Å². The maximum atomic E-state index is 13.0. The maximum absolute atomic E-state index is 13.0. The van der Waals surface area contributed by atoms with Gasteiger partial charge in [-0.1, -0.05) is 36.9 Å². The molecule has 1 amide bonds. The van der Waals surface area contributed by atoms with E-state index in [9.17, 15) is 4.79 Å². The topological polar surface area (TPSA) is 63.4 Å². The SMILES string of the molecule is C[C@@H]1CCc2c(sc3ncn4c(SCC(=O)N5CCCc6ccccc65)nnc4c23)C1. The molecule has 4 aromatic rings. The fourth-order valence-electron chi connectivity index (χ4n) is 4.81. The molecule has 1 aliphatic heterocycles. The molecule has 0 bridgehead atoms. The van der Waals surface area contributed by atoms with Gasteiger partial charge < -0.3 is 4.90 Å². The van der Waals surface area contributed by atoms with Crippen molar-refractivity contribution in [3.05, 3.63) is 46.6 Å². The Morgan fingerprint density at radius 1 is 1.26 bits per heavy atom. The molecule has 3 aromatic heterocycles. The molecule has 1 atom stereocenters. The van der Waals surface area contributed by atoms with Crippen molar-refractivity contribution in [1.29, 1.82) is 0 Å². The Morgan fingerprint density at radius 2 is 2.16 bits per heavy atom. The minimum atomic E-state index is 0.116. The molecule has 0 fully saturated rings. The second-order valence-corrected chi connectivity index (χ2v) is 10.5. The summed E-state index contributed by atoms with van der Waals surface area (Å²) in [6.07, 6.45) is 7.27. The second-order valence-electron chi connectivity index (χ2n) is 8.52. The first-order valence-electron chi connectivity index (χ1n) is 10.8. The van der Waals surface area contributed by atoms with Gasteiger partial charge in [0.05, 0.1) is 11.1 Å². The Morgan fingerprint density at radius 3 is 3.10 bits per heavy atom. The third-order valence-corrected chi connectivity index (χ3v) is 8.50. The number of carbonyl (C=O) groups is 1. The third-order valence-electron chi connectivity index (χ3n) is 6.41. The highest BCUT2D eigenvalue weighted by molar-refractivity contribution is 7.99. The minimum absolute atomic E-state index is 0.116. The Kier molecular flexibility index (Phi) is 4.72. The van der Waals surface area contributed by atoms with E-state index < -0.39 is 0 Å². The van der Waals surface area contributed by atoms with E-state index in [-0.39, 0.29) is 5.91 Å². The minimum Gasteiger partial charge on any atom is -0.311 e. The van der Waals surface area contributed by atoms with Crippen LogP contribution in [0.2, 0.25) is 0 Å². The van der Waals surface area contributed by atoms with Crippen LogP contribution in [0.4, 0.5) is 5.69 Å². The van der Waals surface area contributed by atoms with E-state index >= 15 is 0 Å². The lowest BCUT2D eigenvalue weighted by Crippen LogP contribution is -2.36. The number of fused-ring (bicyclic) bond motifs is 6. The number of nitrogens with zero attached hydrogens (tertiary/aromatic N) is 5. The van der Waals surface area contributed by atoms with Gasteiger partial charge in [-0.3, -0.25) is 9.20 Å². The van der Waals surface area contributed by atoms with Gasteiger partial charge in [-0.05, 0) is 55.2 Å². The summed E-state index contributed by atoms with van der Waals surface area (Å²) in [5.74, 6) is 1.18. The molecule has 6 rings (SSSR count). The lowest BCUT2D eigenvalue weighted by atomic mass is 9.89. The quantitative estimate of drug-likeness (QED) is 0.430. The zero-order chi connectivity index (χ0) is 20.9. The predicted octanol–water partition coefficient (Wildman–Crippen LogP) is 4.54. The van der Waals surface area contributed by atoms with Gasteiger partial charge in [-0.25, -0.2) is 4.98 Å². The van der Waals surface area contributed by atoms with E-state index in [0.717, 1.165) is 64.9 Å². The molecule has 0 spiro atoms. The highest BCUT2D eigenvalue weighted by atomic mass is 32.2. The number of aromatic nitrogens is 4. The number of carbonyl (C=O) groups excluding carboxylic acids is 1. The van der Waals surface area contributed by atoms with Crippen molar-refractivity contribution in [2.45, 2.75) is 44.2 Å². The summed E-state index contributed by atoms with van der Waals surface area (Å²) in [7, 11) is 0. The summed E-state index contributed by atoms with van der Waals surface area (Å²) in [4.78, 5) is 22.2. The molecular weight excluding hydrogens is 426 g/mol. The number of amides is 1. The molecule has 0 saturated heterocycles. The number of hydrogen-bond acceptors (Lipinski definition) is 6. The largest absolute Gasteiger partial charge is 0.311 e. The van der Waals surface area contributed by atoms with Crippen LogP contribution in [-0.2, 0) is 24.1 Å². The van der Waals surface area contributed by atoms with Crippen molar-refractivity contribution in [2.75, 3.05) is 17.2 Å². The molecule has 0 N–H and O–H groups in total. The fourth-order valence-corrected chi connectivity index (χ4v) is 6.94. The number of anilines is 1. The summed E-state index contributed by atoms with van der Waals surface area (Å²) in [6, 6.07) is 8.21. The van der Waals surface area contributed by atoms with Crippen LogP contribution in [0.25, 0.3) is 15.9 Å². The number of rotatable bonds is 3. The molecule has 1 aromatic carbocycles. The lowest BCUT2D eigenvalue weighted by molar-refractivity contribution is -0.116. The molecule has 0 radical (unpaired) electrons. The van der Waals surface area contributed by atoms with Crippen LogP contribution < -0.4 is 4.90 Å². The van der Waals surface area contributed by atoms with Gasteiger partial charge in [0.1, 0.15) is 11.2 Å². The number of hydrogen-bond donors (Lipinski definition) is 0. The molecule has 0 saturated carbocycles. The van der Waals surface area contributed by atoms with Gasteiger partial charge in [-0.2, -0.15) is 0 Å². The van der Waals surface area contributed by atoms with Gasteiger partial charge >= 0.3 is 0 Å². The van der Waals surface area contributed by atoms with E-state index in [4.69, 9.17) is 4.98 Å². The smallest absolute Gasteiger partial charge is 0.237 e. The van der Waals surface area contributed by atoms with Crippen molar-refractivity contribution in [3.63, 3.8) is 0 Å². The highest BCUT2D eigenvalue weighted by Crippen LogP contribution is 2.39. The standard InChI is InChI=1S/C23H23N5OS2/c1-14-8-9-16-18(11-14)31-22-20(16)21-25-26-23(28(21)13-24-22)30-12-19(29)27-10-4-6-15-5-2-3-7-17(15)27/h2-3,5,7,13-14H,4,6,8-12H2,1H3/t14-/m1/s1. The van der Waals surface area contributed by atoms with Gasteiger partial charge in [0.15, 0.2) is 10.8 Å². The van der Waals surface area contributed by atoms with Crippen LogP contribution in [0.1, 0.15) is 35.8 Å². The van der Waals surface area contributed by atoms with E-state index in [1.54, 1.807) is 11.3 Å². The van der Waals surface area contributed by atoms with Crippen LogP contribution in [-0.4, -0.2) is 37.8 Å². The van der Waals surface area contributed by atoms with E-state index in [1.807, 2.05) is 33.8 Å². The highest BCUT2D eigenvalue weighted by Gasteiger charge is 2.25. The number of thiophene rings is 1. The van der Waals surface area contributed by atoms with Gasteiger partial charge in [0.2, 0.25) is 5.91 Å². The summed E-state index contributed by atoms with van der Waals surface area (Å²) in [5, 5.41) is 10.8. The van der Waals surface area contributed by atoms with Crippen LogP contribution in [0.3, 0.4) is 0 Å². The molecule has 1 aliphatic carbocycles. The van der Waals surface area contributed by atoms with Crippen molar-refractivity contribution in [2.24, 2.45) is 5.92 Å². The van der Waals surface area contributed by atoms with Crippen LogP contribution in [0, 0.1) is 5.92 Å². The summed E-state index contributed by atoms with van der Waals surface area (Å²) < 4.78 is 1.95. The van der Waals surface area contributed by atoms with Gasteiger partial charge in [-0.15, -0.1) is 21.5 Å². The molecule has 4 heterocycles. The van der Waals surface area contributed by atoms with Gasteiger partial charge in [0.25, 0.3) is 0 Å². The van der Waals surface area contributed by atoms with E-state index in [1.165, 1.54) is 34.2 Å². The number of thioether (sulfide) groups is 1. The van der Waals surface area contributed by atoms with E-state index in [2.05, 4.69) is 23.2 Å². The second kappa shape index (κ2) is 7.60. The maximum Gasteiger partial charge on any atom is 0.237 e. The molecule has 8 heteroatoms. The molecular formula is C23H23N5OS2. The summed E-state index contributed by atoms with van der Waals surface area (Å²) in [6.45, 7) is 3.10. The molecule has 31 heavy (non-hydrogen) atoms. The number of benzene rings is 1. The Balaban J connectivity index is 1.28. The Labute approximate surface area is 188 Å². The average molecular weight is 450 g/mol. The first kappa shape index (κ1) is 19.3. The fraction of sp³-hybridized carbons (Fsp3) is 0.391. The predicted molar refractivity (Wildman–Crippen MR) is 125 cm³/mol. The lowest BCUT2D eigenvalue weighted by Gasteiger charge is -2.29. The van der Waals surface area contributed by atoms with Crippen molar-refractivity contribution in [1.82, 2.24) is 19.6 Å². The van der Waals surface area contributed by atoms with Crippen LogP contribution >= 0.6 is 23.1 Å². The first-order valence-corrected chi connectivity index (χ1v) is 12.6. The van der Waals surface area contributed by atoms with Crippen LogP contribution in [0.15, 0.2) is 35.7 Å². The summed E-state index contributed by atoms with van der Waals surface area (Å²) >= 11 is 3.24.